The van der Waals surface area contributed by atoms with Gasteiger partial charge in [0.05, 0.1) is 23.1 Å². The highest BCUT2D eigenvalue weighted by atomic mass is 32.2. The first-order valence-corrected chi connectivity index (χ1v) is 8.09. The topological polar surface area (TPSA) is 102 Å². The fourth-order valence-corrected chi connectivity index (χ4v) is 2.90. The molecule has 0 radical (unpaired) electrons. The van der Waals surface area contributed by atoms with Crippen LogP contribution in [0, 0.1) is 5.82 Å². The van der Waals surface area contributed by atoms with E-state index in [1.165, 1.54) is 42.5 Å². The van der Waals surface area contributed by atoms with E-state index in [-0.39, 0.29) is 16.0 Å². The average Bonchev–Trinajstić information content (AvgIpc) is 2.59. The number of hydrogen-bond acceptors (Lipinski definition) is 5. The van der Waals surface area contributed by atoms with Crippen LogP contribution in [0.4, 0.5) is 4.39 Å². The van der Waals surface area contributed by atoms with Gasteiger partial charge >= 0.3 is 5.97 Å². The number of hydrazine groups is 1. The largest absolute Gasteiger partial charge is 0.465 e. The first-order valence-electron chi connectivity index (χ1n) is 6.61. The van der Waals surface area contributed by atoms with E-state index in [0.29, 0.717) is 0 Å². The molecule has 0 heterocycles. The molecule has 0 spiro atoms. The zero-order valence-corrected chi connectivity index (χ0v) is 13.3. The summed E-state index contributed by atoms with van der Waals surface area (Å²) in [5.74, 6) is -2.63. The predicted octanol–water partition coefficient (Wildman–Crippen LogP) is 1.24. The van der Waals surface area contributed by atoms with Crippen LogP contribution in [0.5, 0.6) is 0 Å². The minimum absolute atomic E-state index is 0.201. The summed E-state index contributed by atoms with van der Waals surface area (Å²) in [5, 5.41) is 0. The van der Waals surface area contributed by atoms with Crippen molar-refractivity contribution in [1.82, 2.24) is 10.3 Å². The molecule has 7 nitrogen and oxygen atoms in total. The molecular weight excluding hydrogens is 339 g/mol. The molecule has 0 aromatic heterocycles. The third-order valence-electron chi connectivity index (χ3n) is 3.00. The van der Waals surface area contributed by atoms with Crippen molar-refractivity contribution < 1.29 is 27.1 Å². The molecule has 0 bridgehead atoms. The average molecular weight is 352 g/mol. The SMILES string of the molecule is COC(=O)c1ccccc1S(=O)(=O)NNC(=O)c1ccccc1F. The molecule has 0 saturated carbocycles. The van der Waals surface area contributed by atoms with E-state index < -0.39 is 27.7 Å². The van der Waals surface area contributed by atoms with Gasteiger partial charge in [-0.05, 0) is 24.3 Å². The van der Waals surface area contributed by atoms with Gasteiger partial charge in [0, 0.05) is 0 Å². The van der Waals surface area contributed by atoms with Gasteiger partial charge in [0.25, 0.3) is 15.9 Å². The number of sulfonamides is 1. The highest BCUT2D eigenvalue weighted by Gasteiger charge is 2.23. The van der Waals surface area contributed by atoms with Gasteiger partial charge in [-0.1, -0.05) is 24.3 Å². The smallest absolute Gasteiger partial charge is 0.339 e. The zero-order chi connectivity index (χ0) is 17.7. The van der Waals surface area contributed by atoms with Gasteiger partial charge in [0.1, 0.15) is 5.82 Å². The summed E-state index contributed by atoms with van der Waals surface area (Å²) in [4.78, 5) is 24.9. The van der Waals surface area contributed by atoms with Crippen LogP contribution in [0.1, 0.15) is 20.7 Å². The maximum atomic E-state index is 13.5. The molecule has 0 unspecified atom stereocenters. The fourth-order valence-electron chi connectivity index (χ4n) is 1.86. The lowest BCUT2D eigenvalue weighted by Gasteiger charge is -2.11. The van der Waals surface area contributed by atoms with Crippen LogP contribution < -0.4 is 10.3 Å². The number of rotatable bonds is 5. The molecule has 0 fully saturated rings. The molecule has 0 aliphatic heterocycles. The molecule has 9 heteroatoms. The van der Waals surface area contributed by atoms with Crippen molar-refractivity contribution in [3.63, 3.8) is 0 Å². The molecular formula is C15H13FN2O5S. The van der Waals surface area contributed by atoms with E-state index in [0.717, 1.165) is 13.2 Å². The van der Waals surface area contributed by atoms with Crippen molar-refractivity contribution in [1.29, 1.82) is 0 Å². The maximum absolute atomic E-state index is 13.5. The molecule has 2 aromatic carbocycles. The second-order valence-corrected chi connectivity index (χ2v) is 6.18. The molecule has 2 aromatic rings. The summed E-state index contributed by atoms with van der Waals surface area (Å²) in [6, 6.07) is 10.4. The molecule has 24 heavy (non-hydrogen) atoms. The molecule has 0 atom stereocenters. The fraction of sp³-hybridized carbons (Fsp3) is 0.0667. The standard InChI is InChI=1S/C15H13FN2O5S/c1-23-15(20)11-7-3-5-9-13(11)24(21,22)18-17-14(19)10-6-2-4-8-12(10)16/h2-9,18H,1H3,(H,17,19). The van der Waals surface area contributed by atoms with Crippen molar-refractivity contribution in [2.75, 3.05) is 7.11 Å². The van der Waals surface area contributed by atoms with Crippen molar-refractivity contribution in [3.05, 3.63) is 65.5 Å². The van der Waals surface area contributed by atoms with Crippen molar-refractivity contribution in [3.8, 4) is 0 Å². The maximum Gasteiger partial charge on any atom is 0.339 e. The molecule has 0 saturated heterocycles. The second-order valence-electron chi connectivity index (χ2n) is 4.53. The van der Waals surface area contributed by atoms with Crippen LogP contribution in [-0.4, -0.2) is 27.4 Å². The van der Waals surface area contributed by atoms with Crippen LogP contribution in [0.2, 0.25) is 0 Å². The van der Waals surface area contributed by atoms with Crippen LogP contribution in [0.3, 0.4) is 0 Å². The van der Waals surface area contributed by atoms with Gasteiger partial charge in [0.2, 0.25) is 0 Å². The van der Waals surface area contributed by atoms with E-state index in [2.05, 4.69) is 4.74 Å². The number of carbonyl (C=O) groups excluding carboxylic acids is 2. The van der Waals surface area contributed by atoms with Crippen LogP contribution in [-0.2, 0) is 14.8 Å². The number of amides is 1. The molecule has 1 amide bonds. The quantitative estimate of drug-likeness (QED) is 0.623. The van der Waals surface area contributed by atoms with E-state index in [1.807, 2.05) is 10.3 Å². The van der Waals surface area contributed by atoms with Crippen molar-refractivity contribution >= 4 is 21.9 Å². The normalized spacial score (nSPS) is 10.9. The Morgan fingerprint density at radius 2 is 1.58 bits per heavy atom. The molecule has 126 valence electrons. The Morgan fingerprint density at radius 3 is 2.21 bits per heavy atom. The Labute approximate surface area is 137 Å². The molecule has 0 aliphatic rings. The highest BCUT2D eigenvalue weighted by molar-refractivity contribution is 7.89. The highest BCUT2D eigenvalue weighted by Crippen LogP contribution is 2.16. The van der Waals surface area contributed by atoms with Gasteiger partial charge in [-0.25, -0.2) is 17.6 Å². The summed E-state index contributed by atoms with van der Waals surface area (Å²) >= 11 is 0. The number of ether oxygens (including phenoxy) is 1. The third-order valence-corrected chi connectivity index (χ3v) is 4.31. The molecule has 2 N–H and O–H groups in total. The van der Waals surface area contributed by atoms with Crippen LogP contribution >= 0.6 is 0 Å². The number of nitrogens with one attached hydrogen (secondary N) is 2. The summed E-state index contributed by atoms with van der Waals surface area (Å²) in [7, 11) is -3.16. The van der Waals surface area contributed by atoms with E-state index in [1.54, 1.807) is 0 Å². The van der Waals surface area contributed by atoms with Gasteiger partial charge in [0.15, 0.2) is 0 Å². The second kappa shape index (κ2) is 7.20. The number of hydrogen-bond donors (Lipinski definition) is 2. The monoisotopic (exact) mass is 352 g/mol. The van der Waals surface area contributed by atoms with E-state index in [4.69, 9.17) is 0 Å². The zero-order valence-electron chi connectivity index (χ0n) is 12.4. The predicted molar refractivity (Wildman–Crippen MR) is 82.0 cm³/mol. The van der Waals surface area contributed by atoms with Crippen LogP contribution in [0.25, 0.3) is 0 Å². The lowest BCUT2D eigenvalue weighted by Crippen LogP contribution is -2.42. The molecule has 0 aliphatic carbocycles. The first-order chi connectivity index (χ1) is 11.4. The van der Waals surface area contributed by atoms with E-state index >= 15 is 0 Å². The Hall–Kier alpha value is -2.78. The number of methoxy groups -OCH3 is 1. The van der Waals surface area contributed by atoms with Crippen molar-refractivity contribution in [2.24, 2.45) is 0 Å². The summed E-state index contributed by atoms with van der Waals surface area (Å²) in [6.45, 7) is 0. The number of esters is 1. The first kappa shape index (κ1) is 17.6. The van der Waals surface area contributed by atoms with Crippen molar-refractivity contribution in [2.45, 2.75) is 4.90 Å². The summed E-state index contributed by atoms with van der Waals surface area (Å²) in [5.41, 5.74) is 1.36. The van der Waals surface area contributed by atoms with Gasteiger partial charge < -0.3 is 4.74 Å². The van der Waals surface area contributed by atoms with Gasteiger partial charge in [-0.2, -0.15) is 0 Å². The van der Waals surface area contributed by atoms with Crippen LogP contribution in [0.15, 0.2) is 53.4 Å². The Morgan fingerprint density at radius 1 is 1.00 bits per heavy atom. The lowest BCUT2D eigenvalue weighted by atomic mass is 10.2. The minimum atomic E-state index is -4.27. The Kier molecular flexibility index (Phi) is 5.27. The minimum Gasteiger partial charge on any atom is -0.465 e. The number of carbonyl (C=O) groups is 2. The summed E-state index contributed by atoms with van der Waals surface area (Å²) < 4.78 is 42.5. The van der Waals surface area contributed by atoms with E-state index in [9.17, 15) is 22.4 Å². The lowest BCUT2D eigenvalue weighted by molar-refractivity contribution is 0.0596. The Balaban J connectivity index is 2.23. The molecule has 2 rings (SSSR count). The number of benzene rings is 2. The Bertz CT molecular complexity index is 883. The number of halogens is 1. The summed E-state index contributed by atoms with van der Waals surface area (Å²) in [6.07, 6.45) is 0. The third kappa shape index (κ3) is 3.76. The van der Waals surface area contributed by atoms with Gasteiger partial charge in [-0.3, -0.25) is 10.2 Å². The van der Waals surface area contributed by atoms with Gasteiger partial charge in [-0.15, -0.1) is 4.83 Å².